The summed E-state index contributed by atoms with van der Waals surface area (Å²) in [5.74, 6) is -4.91. The lowest BCUT2D eigenvalue weighted by Gasteiger charge is -2.23. The summed E-state index contributed by atoms with van der Waals surface area (Å²) in [6, 6.07) is 6.76. The number of carboxylic acid groups (broad SMARTS) is 2. The molecule has 1 fully saturated rings. The van der Waals surface area contributed by atoms with Crippen molar-refractivity contribution < 1.29 is 58.3 Å². The Morgan fingerprint density at radius 3 is 1.76 bits per heavy atom. The number of nitrogens with one attached hydrogen (secondary N) is 3. The van der Waals surface area contributed by atoms with Crippen LogP contribution in [0.5, 0.6) is 0 Å². The van der Waals surface area contributed by atoms with Crippen molar-refractivity contribution in [1.82, 2.24) is 20.9 Å². The van der Waals surface area contributed by atoms with E-state index in [1.807, 2.05) is 0 Å². The SMILES string of the molecule is O=C(O)CC[C@H](NC(=O)CCC(=O)N1CC(NC(=O)c2ccc3c(c2)B(O)OCC3)C(NC(=O)c2ccc3c(c2)B(O)OCC3)C1)C(=O)O. The van der Waals surface area contributed by atoms with Crippen LogP contribution in [0.25, 0.3) is 0 Å². The molecule has 3 aliphatic heterocycles. The summed E-state index contributed by atoms with van der Waals surface area (Å²) in [7, 11) is -2.35. The van der Waals surface area contributed by atoms with Crippen molar-refractivity contribution in [1.29, 1.82) is 0 Å². The van der Waals surface area contributed by atoms with E-state index in [-0.39, 0.29) is 43.5 Å². The van der Waals surface area contributed by atoms with Gasteiger partial charge in [-0.3, -0.25) is 24.0 Å². The van der Waals surface area contributed by atoms with Gasteiger partial charge < -0.3 is 50.4 Å². The number of fused-ring (bicyclic) bond motifs is 2. The fourth-order valence-corrected chi connectivity index (χ4v) is 6.10. The Bertz CT molecular complexity index is 1560. The number of carboxylic acids is 2. The predicted octanol–water partition coefficient (Wildman–Crippen LogP) is -2.84. The highest BCUT2D eigenvalue weighted by atomic mass is 16.5. The van der Waals surface area contributed by atoms with Crippen molar-refractivity contribution in [2.45, 2.75) is 56.7 Å². The summed E-state index contributed by atoms with van der Waals surface area (Å²) in [6.45, 7) is 0.632. The number of hydrogen-bond donors (Lipinski definition) is 7. The van der Waals surface area contributed by atoms with Crippen LogP contribution in [-0.2, 0) is 41.3 Å². The van der Waals surface area contributed by atoms with Crippen molar-refractivity contribution in [3.63, 3.8) is 0 Å². The molecule has 258 valence electrons. The Balaban J connectivity index is 1.27. The average Bonchev–Trinajstić information content (AvgIpc) is 3.47. The molecule has 4 amide bonds. The van der Waals surface area contributed by atoms with Gasteiger partial charge in [0, 0.05) is 56.7 Å². The summed E-state index contributed by atoms with van der Waals surface area (Å²) < 4.78 is 10.6. The predicted molar refractivity (Wildman–Crippen MR) is 172 cm³/mol. The Labute approximate surface area is 281 Å². The van der Waals surface area contributed by atoms with E-state index in [0.717, 1.165) is 11.1 Å². The second kappa shape index (κ2) is 15.6. The van der Waals surface area contributed by atoms with Crippen molar-refractivity contribution >= 4 is 60.7 Å². The van der Waals surface area contributed by atoms with Gasteiger partial charge in [0.1, 0.15) is 6.04 Å². The van der Waals surface area contributed by atoms with Gasteiger partial charge in [0.05, 0.1) is 12.1 Å². The highest BCUT2D eigenvalue weighted by Crippen LogP contribution is 2.17. The molecule has 2 aromatic carbocycles. The number of rotatable bonds is 12. The van der Waals surface area contributed by atoms with Crippen LogP contribution in [0.15, 0.2) is 36.4 Å². The summed E-state index contributed by atoms with van der Waals surface area (Å²) in [5.41, 5.74) is 3.09. The summed E-state index contributed by atoms with van der Waals surface area (Å²) in [6.07, 6.45) is -0.338. The molecule has 3 atom stereocenters. The zero-order valence-electron chi connectivity index (χ0n) is 26.4. The minimum absolute atomic E-state index is 0.0269. The Morgan fingerprint density at radius 1 is 0.776 bits per heavy atom. The third-order valence-corrected chi connectivity index (χ3v) is 8.79. The first-order valence-electron chi connectivity index (χ1n) is 15.9. The molecular formula is C31H36B2N4O12. The second-order valence-corrected chi connectivity index (χ2v) is 12.1. The molecule has 2 aromatic rings. The van der Waals surface area contributed by atoms with E-state index in [2.05, 4.69) is 16.0 Å². The molecule has 49 heavy (non-hydrogen) atoms. The second-order valence-electron chi connectivity index (χ2n) is 12.1. The lowest BCUT2D eigenvalue weighted by atomic mass is 9.73. The number of amides is 4. The molecule has 0 radical (unpaired) electrons. The molecular weight excluding hydrogens is 642 g/mol. The van der Waals surface area contributed by atoms with Crippen LogP contribution in [0, 0.1) is 0 Å². The zero-order chi connectivity index (χ0) is 35.2. The van der Waals surface area contributed by atoms with Crippen LogP contribution in [0.3, 0.4) is 0 Å². The van der Waals surface area contributed by atoms with E-state index in [0.29, 0.717) is 37.0 Å². The van der Waals surface area contributed by atoms with E-state index in [4.69, 9.17) is 14.4 Å². The molecule has 0 saturated carbocycles. The number of hydrogen-bond acceptors (Lipinski definition) is 10. The zero-order valence-corrected chi connectivity index (χ0v) is 26.4. The molecule has 16 nitrogen and oxygen atoms in total. The number of likely N-dealkylation sites (tertiary alicyclic amines) is 1. The standard InChI is InChI=1S/C31H36B2N4O12/c38-26(34-23(31(44)45)5-8-28(40)41)6-7-27(39)37-15-24(35-29(42)19-3-1-17-9-11-48-32(46)21(17)13-19)25(16-37)36-30(43)20-4-2-18-10-12-49-33(47)22(18)14-20/h1-4,13-14,23-25,46-47H,5-12,15-16H2,(H,34,38)(H,35,42)(H,36,43)(H,40,41)(H,44,45)/t23-,24?,25?/m0/s1. The first kappa shape index (κ1) is 35.5. The van der Waals surface area contributed by atoms with Gasteiger partial charge >= 0.3 is 26.2 Å². The molecule has 0 aromatic heterocycles. The van der Waals surface area contributed by atoms with Crippen LogP contribution in [-0.4, -0.2) is 119 Å². The molecule has 1 saturated heterocycles. The maximum atomic E-state index is 13.4. The number of nitrogens with zero attached hydrogens (tertiary/aromatic N) is 1. The molecule has 0 spiro atoms. The van der Waals surface area contributed by atoms with Gasteiger partial charge in [0.25, 0.3) is 11.8 Å². The first-order valence-corrected chi connectivity index (χ1v) is 15.9. The topological polar surface area (TPSA) is 241 Å². The molecule has 2 unspecified atom stereocenters. The number of carbonyl (C=O) groups excluding carboxylic acids is 4. The van der Waals surface area contributed by atoms with Gasteiger partial charge in [-0.05, 0) is 65.6 Å². The first-order chi connectivity index (χ1) is 23.4. The maximum Gasteiger partial charge on any atom is 0.491 e. The van der Waals surface area contributed by atoms with Crippen LogP contribution in [0.2, 0.25) is 0 Å². The van der Waals surface area contributed by atoms with Crippen molar-refractivity contribution in [2.75, 3.05) is 26.3 Å². The van der Waals surface area contributed by atoms with Crippen molar-refractivity contribution in [2.24, 2.45) is 0 Å². The van der Waals surface area contributed by atoms with Crippen molar-refractivity contribution in [3.8, 4) is 0 Å². The maximum absolute atomic E-state index is 13.4. The molecule has 0 bridgehead atoms. The number of benzene rings is 2. The van der Waals surface area contributed by atoms with Crippen molar-refractivity contribution in [3.05, 3.63) is 58.7 Å². The van der Waals surface area contributed by atoms with Crippen LogP contribution < -0.4 is 26.9 Å². The molecule has 5 rings (SSSR count). The summed E-state index contributed by atoms with van der Waals surface area (Å²) in [4.78, 5) is 76.1. The number of carbonyl (C=O) groups is 6. The number of aliphatic carboxylic acids is 2. The lowest BCUT2D eigenvalue weighted by molar-refractivity contribution is -0.143. The van der Waals surface area contributed by atoms with E-state index in [9.17, 15) is 43.9 Å². The third kappa shape index (κ3) is 8.83. The van der Waals surface area contributed by atoms with E-state index in [1.165, 1.54) is 17.0 Å². The fraction of sp³-hybridized carbons (Fsp3) is 0.419. The van der Waals surface area contributed by atoms with Gasteiger partial charge in [-0.2, -0.15) is 0 Å². The normalized spacial score (nSPS) is 18.9. The fourth-order valence-electron chi connectivity index (χ4n) is 6.10. The highest BCUT2D eigenvalue weighted by molar-refractivity contribution is 6.61. The van der Waals surface area contributed by atoms with Gasteiger partial charge in [-0.1, -0.05) is 12.1 Å². The minimum Gasteiger partial charge on any atom is -0.481 e. The monoisotopic (exact) mass is 678 g/mol. The minimum atomic E-state index is -1.43. The van der Waals surface area contributed by atoms with Crippen LogP contribution in [0.4, 0.5) is 0 Å². The van der Waals surface area contributed by atoms with E-state index < -0.39 is 74.4 Å². The Kier molecular flexibility index (Phi) is 11.3. The third-order valence-electron chi connectivity index (χ3n) is 8.79. The lowest BCUT2D eigenvalue weighted by Crippen LogP contribution is -2.51. The summed E-state index contributed by atoms with van der Waals surface area (Å²) in [5, 5.41) is 46.6. The largest absolute Gasteiger partial charge is 0.491 e. The molecule has 0 aliphatic carbocycles. The molecule has 18 heteroatoms. The highest BCUT2D eigenvalue weighted by Gasteiger charge is 2.38. The van der Waals surface area contributed by atoms with Gasteiger partial charge in [0.2, 0.25) is 11.8 Å². The van der Waals surface area contributed by atoms with Gasteiger partial charge in [0.15, 0.2) is 0 Å². The smallest absolute Gasteiger partial charge is 0.481 e. The van der Waals surface area contributed by atoms with E-state index in [1.54, 1.807) is 24.3 Å². The van der Waals surface area contributed by atoms with E-state index >= 15 is 0 Å². The summed E-state index contributed by atoms with van der Waals surface area (Å²) >= 11 is 0. The Hall–Kier alpha value is -4.77. The molecule has 3 aliphatic rings. The van der Waals surface area contributed by atoms with Gasteiger partial charge in [-0.25, -0.2) is 4.79 Å². The Morgan fingerprint density at radius 2 is 1.29 bits per heavy atom. The quantitative estimate of drug-likeness (QED) is 0.112. The van der Waals surface area contributed by atoms with Crippen LogP contribution >= 0.6 is 0 Å². The van der Waals surface area contributed by atoms with Gasteiger partial charge in [-0.15, -0.1) is 0 Å². The molecule has 3 heterocycles. The van der Waals surface area contributed by atoms with Crippen LogP contribution in [0.1, 0.15) is 57.5 Å². The molecule has 7 N–H and O–H groups in total. The average molecular weight is 678 g/mol.